The molecule has 2 aromatic rings. The fourth-order valence-electron chi connectivity index (χ4n) is 3.60. The van der Waals surface area contributed by atoms with Crippen LogP contribution in [0.2, 0.25) is 0 Å². The van der Waals surface area contributed by atoms with Gasteiger partial charge >= 0.3 is 0 Å². The standard InChI is InChI=1S/C23H36N6O3/c1-5-7-8-9-10-19-23(24-15-13-22(31)29(6-2)27(3)4)28-16-14-18(17-20(28)25-19)11-12-21(30)26-32/h11-12,14,16-17,24,32H,5-10,13,15H2,1-4H3,(H,26,30). The van der Waals surface area contributed by atoms with Gasteiger partial charge in [0, 0.05) is 45.9 Å². The third-order valence-electron chi connectivity index (χ3n) is 5.23. The molecule has 0 aliphatic rings. The van der Waals surface area contributed by atoms with Gasteiger partial charge in [0.25, 0.3) is 5.91 Å². The lowest BCUT2D eigenvalue weighted by atomic mass is 10.1. The van der Waals surface area contributed by atoms with Gasteiger partial charge in [0.1, 0.15) is 11.5 Å². The number of fused-ring (bicyclic) bond motifs is 1. The lowest BCUT2D eigenvalue weighted by Gasteiger charge is -2.27. The molecule has 0 spiro atoms. The van der Waals surface area contributed by atoms with Crippen molar-refractivity contribution in [3.05, 3.63) is 35.7 Å². The molecule has 0 aliphatic heterocycles. The Labute approximate surface area is 190 Å². The molecule has 2 amide bonds. The predicted octanol–water partition coefficient (Wildman–Crippen LogP) is 3.10. The summed E-state index contributed by atoms with van der Waals surface area (Å²) < 4.78 is 1.98. The van der Waals surface area contributed by atoms with E-state index in [1.54, 1.807) is 16.6 Å². The molecule has 0 bridgehead atoms. The fourth-order valence-corrected chi connectivity index (χ4v) is 3.60. The summed E-state index contributed by atoms with van der Waals surface area (Å²) in [6, 6.07) is 3.76. The largest absolute Gasteiger partial charge is 0.369 e. The minimum absolute atomic E-state index is 0.0675. The first-order chi connectivity index (χ1) is 15.4. The molecule has 9 heteroatoms. The summed E-state index contributed by atoms with van der Waals surface area (Å²) >= 11 is 0. The van der Waals surface area contributed by atoms with Crippen LogP contribution in [0.1, 0.15) is 57.2 Å². The van der Waals surface area contributed by atoms with Crippen LogP contribution in [-0.4, -0.2) is 63.6 Å². The fraction of sp³-hybridized carbons (Fsp3) is 0.522. The number of hydrogen-bond acceptors (Lipinski definition) is 6. The molecule has 0 atom stereocenters. The number of anilines is 1. The number of rotatable bonds is 13. The van der Waals surface area contributed by atoms with Crippen molar-refractivity contribution in [1.82, 2.24) is 24.9 Å². The van der Waals surface area contributed by atoms with Crippen molar-refractivity contribution < 1.29 is 14.8 Å². The Morgan fingerprint density at radius 3 is 2.66 bits per heavy atom. The Morgan fingerprint density at radius 2 is 2.00 bits per heavy atom. The third kappa shape index (κ3) is 7.06. The van der Waals surface area contributed by atoms with Crippen LogP contribution in [0.15, 0.2) is 24.4 Å². The summed E-state index contributed by atoms with van der Waals surface area (Å²) in [5, 5.41) is 15.6. The van der Waals surface area contributed by atoms with Gasteiger partial charge in [-0.05, 0) is 43.5 Å². The average molecular weight is 445 g/mol. The van der Waals surface area contributed by atoms with Crippen molar-refractivity contribution in [1.29, 1.82) is 0 Å². The predicted molar refractivity (Wildman–Crippen MR) is 126 cm³/mol. The SMILES string of the molecule is CCCCCCc1nc2cc(C=CC(=O)NO)ccn2c1NCCC(=O)N(CC)N(C)C. The molecule has 2 rings (SSSR count). The van der Waals surface area contributed by atoms with Gasteiger partial charge in [0.05, 0.1) is 5.69 Å². The Balaban J connectivity index is 2.20. The number of carbonyl (C=O) groups excluding carboxylic acids is 2. The number of pyridine rings is 1. The highest BCUT2D eigenvalue weighted by molar-refractivity contribution is 5.91. The molecule has 0 saturated carbocycles. The van der Waals surface area contributed by atoms with E-state index in [1.165, 1.54) is 18.9 Å². The molecule has 2 heterocycles. The molecule has 0 fully saturated rings. The van der Waals surface area contributed by atoms with Gasteiger partial charge in [-0.3, -0.25) is 24.2 Å². The minimum atomic E-state index is -0.587. The summed E-state index contributed by atoms with van der Waals surface area (Å²) in [6.45, 7) is 5.29. The van der Waals surface area contributed by atoms with Gasteiger partial charge in [-0.15, -0.1) is 0 Å². The summed E-state index contributed by atoms with van der Waals surface area (Å²) in [7, 11) is 3.73. The van der Waals surface area contributed by atoms with Crippen LogP contribution in [0, 0.1) is 0 Å². The molecule has 32 heavy (non-hydrogen) atoms. The topological polar surface area (TPSA) is 102 Å². The smallest absolute Gasteiger partial charge is 0.267 e. The van der Waals surface area contributed by atoms with Crippen molar-refractivity contribution in [2.24, 2.45) is 0 Å². The quantitative estimate of drug-likeness (QED) is 0.190. The lowest BCUT2D eigenvalue weighted by Crippen LogP contribution is -2.42. The number of amides is 2. The number of hydrazine groups is 1. The second kappa shape index (κ2) is 12.8. The minimum Gasteiger partial charge on any atom is -0.369 e. The average Bonchev–Trinajstić information content (AvgIpc) is 3.11. The van der Waals surface area contributed by atoms with Crippen molar-refractivity contribution in [3.63, 3.8) is 0 Å². The summed E-state index contributed by atoms with van der Waals surface area (Å²) in [5.74, 6) is 0.384. The number of aryl methyl sites for hydroxylation is 1. The number of carbonyl (C=O) groups is 2. The van der Waals surface area contributed by atoms with E-state index in [1.807, 2.05) is 48.8 Å². The number of imidazole rings is 1. The summed E-state index contributed by atoms with van der Waals surface area (Å²) in [6.07, 6.45) is 10.6. The molecule has 0 saturated heterocycles. The Kier molecular flexibility index (Phi) is 10.2. The van der Waals surface area contributed by atoms with Gasteiger partial charge in [0.15, 0.2) is 0 Å². The molecular formula is C23H36N6O3. The number of hydrogen-bond donors (Lipinski definition) is 3. The van der Waals surface area contributed by atoms with Crippen LogP contribution in [-0.2, 0) is 16.0 Å². The number of nitrogens with one attached hydrogen (secondary N) is 2. The van der Waals surface area contributed by atoms with E-state index in [4.69, 9.17) is 10.2 Å². The van der Waals surface area contributed by atoms with Crippen LogP contribution >= 0.6 is 0 Å². The van der Waals surface area contributed by atoms with Crippen LogP contribution < -0.4 is 10.8 Å². The molecule has 176 valence electrons. The van der Waals surface area contributed by atoms with Crippen LogP contribution in [0.25, 0.3) is 11.7 Å². The van der Waals surface area contributed by atoms with Crippen LogP contribution in [0.4, 0.5) is 5.82 Å². The zero-order chi connectivity index (χ0) is 23.5. The van der Waals surface area contributed by atoms with Crippen molar-refractivity contribution >= 4 is 29.4 Å². The van der Waals surface area contributed by atoms with Crippen LogP contribution in [0.5, 0.6) is 0 Å². The molecular weight excluding hydrogens is 408 g/mol. The zero-order valence-corrected chi connectivity index (χ0v) is 19.6. The Hall–Kier alpha value is -2.91. The number of unbranched alkanes of at least 4 members (excludes halogenated alkanes) is 3. The van der Waals surface area contributed by atoms with Gasteiger partial charge in [-0.25, -0.2) is 15.5 Å². The second-order valence-electron chi connectivity index (χ2n) is 7.85. The molecule has 0 aromatic carbocycles. The molecule has 0 aliphatic carbocycles. The van der Waals surface area contributed by atoms with E-state index in [0.29, 0.717) is 19.5 Å². The molecule has 0 unspecified atom stereocenters. The van der Waals surface area contributed by atoms with E-state index >= 15 is 0 Å². The maximum Gasteiger partial charge on any atom is 0.267 e. The second-order valence-corrected chi connectivity index (χ2v) is 7.85. The first kappa shape index (κ1) is 25.4. The van der Waals surface area contributed by atoms with Crippen LogP contribution in [0.3, 0.4) is 0 Å². The van der Waals surface area contributed by atoms with Gasteiger partial charge in [0.2, 0.25) is 5.91 Å². The normalized spacial score (nSPS) is 11.4. The van der Waals surface area contributed by atoms with Gasteiger partial charge in [-0.1, -0.05) is 26.2 Å². The van der Waals surface area contributed by atoms with Gasteiger partial charge < -0.3 is 5.32 Å². The third-order valence-corrected chi connectivity index (χ3v) is 5.23. The Bertz CT molecular complexity index is 922. The molecule has 0 radical (unpaired) electrons. The molecule has 2 aromatic heterocycles. The van der Waals surface area contributed by atoms with Crippen molar-refractivity contribution in [3.8, 4) is 0 Å². The van der Waals surface area contributed by atoms with E-state index in [9.17, 15) is 9.59 Å². The Morgan fingerprint density at radius 1 is 1.22 bits per heavy atom. The van der Waals surface area contributed by atoms with E-state index in [-0.39, 0.29) is 5.91 Å². The monoisotopic (exact) mass is 444 g/mol. The summed E-state index contributed by atoms with van der Waals surface area (Å²) in [5.41, 5.74) is 4.12. The van der Waals surface area contributed by atoms with E-state index in [0.717, 1.165) is 42.0 Å². The first-order valence-electron chi connectivity index (χ1n) is 11.3. The maximum atomic E-state index is 12.5. The zero-order valence-electron chi connectivity index (χ0n) is 19.6. The van der Waals surface area contributed by atoms with Gasteiger partial charge in [-0.2, -0.15) is 0 Å². The number of nitrogens with zero attached hydrogens (tertiary/aromatic N) is 4. The molecule has 3 N–H and O–H groups in total. The van der Waals surface area contributed by atoms with E-state index < -0.39 is 5.91 Å². The highest BCUT2D eigenvalue weighted by atomic mass is 16.5. The maximum absolute atomic E-state index is 12.5. The highest BCUT2D eigenvalue weighted by Crippen LogP contribution is 2.22. The number of aromatic nitrogens is 2. The van der Waals surface area contributed by atoms with Crippen molar-refractivity contribution in [2.75, 3.05) is 32.5 Å². The van der Waals surface area contributed by atoms with Crippen molar-refractivity contribution in [2.45, 2.75) is 52.4 Å². The van der Waals surface area contributed by atoms with E-state index in [2.05, 4.69) is 12.2 Å². The lowest BCUT2D eigenvalue weighted by molar-refractivity contribution is -0.143. The summed E-state index contributed by atoms with van der Waals surface area (Å²) in [4.78, 5) is 28.6. The first-order valence-corrected chi connectivity index (χ1v) is 11.3. The molecule has 9 nitrogen and oxygen atoms in total. The highest BCUT2D eigenvalue weighted by Gasteiger charge is 2.16. The number of hydroxylamine groups is 1.